The summed E-state index contributed by atoms with van der Waals surface area (Å²) in [4.78, 5) is 21.1. The van der Waals surface area contributed by atoms with E-state index < -0.39 is 0 Å². The van der Waals surface area contributed by atoms with E-state index in [2.05, 4.69) is 46.2 Å². The first-order chi connectivity index (χ1) is 13.5. The first-order valence-electron chi connectivity index (χ1n) is 10.2. The number of hydrogen-bond donors (Lipinski definition) is 2. The number of pyridine rings is 1. The van der Waals surface area contributed by atoms with Gasteiger partial charge in [-0.3, -0.25) is 4.90 Å². The highest BCUT2D eigenvalue weighted by Crippen LogP contribution is 2.15. The van der Waals surface area contributed by atoms with Crippen LogP contribution in [0.3, 0.4) is 0 Å². The van der Waals surface area contributed by atoms with Crippen LogP contribution in [0.25, 0.3) is 0 Å². The fourth-order valence-electron chi connectivity index (χ4n) is 3.77. The molecule has 2 saturated heterocycles. The number of nitrogens with zero attached hydrogens (tertiary/aromatic N) is 3. The largest absolute Gasteiger partial charge is 0.375 e. The zero-order valence-corrected chi connectivity index (χ0v) is 17.2. The van der Waals surface area contributed by atoms with E-state index in [-0.39, 0.29) is 24.3 Å². The Hall–Kier alpha value is -1.90. The van der Waals surface area contributed by atoms with Gasteiger partial charge in [-0.25, -0.2) is 9.78 Å². The van der Waals surface area contributed by atoms with Crippen molar-refractivity contribution in [2.24, 2.45) is 0 Å². The maximum Gasteiger partial charge on any atom is 0.315 e. The number of carbonyl (C=O) groups excluding carboxylic acids is 1. The van der Waals surface area contributed by atoms with E-state index in [1.807, 2.05) is 18.3 Å². The minimum Gasteiger partial charge on any atom is -0.375 e. The van der Waals surface area contributed by atoms with Gasteiger partial charge in [0.15, 0.2) is 0 Å². The number of anilines is 1. The van der Waals surface area contributed by atoms with E-state index in [0.29, 0.717) is 13.1 Å². The Morgan fingerprint density at radius 1 is 1.14 bits per heavy atom. The fraction of sp³-hybridized carbons (Fsp3) is 0.700. The monoisotopic (exact) mass is 391 g/mol. The lowest BCUT2D eigenvalue weighted by Crippen LogP contribution is -2.48. The highest BCUT2D eigenvalue weighted by molar-refractivity contribution is 5.73. The topological polar surface area (TPSA) is 79.0 Å². The van der Waals surface area contributed by atoms with Crippen molar-refractivity contribution in [1.82, 2.24) is 20.5 Å². The molecule has 0 spiro atoms. The van der Waals surface area contributed by atoms with Gasteiger partial charge in [-0.15, -0.1) is 0 Å². The second-order valence-electron chi connectivity index (χ2n) is 7.78. The molecule has 156 valence electrons. The summed E-state index contributed by atoms with van der Waals surface area (Å²) >= 11 is 0. The number of carbonyl (C=O) groups is 1. The summed E-state index contributed by atoms with van der Waals surface area (Å²) in [5, 5.41) is 5.82. The standard InChI is InChI=1S/C20H33N5O3/c1-15-14-25(8-9-27-15)19-5-4-18(10-22-19)11-23-20(26)21-6-7-24-12-16(2)28-17(3)13-24/h4-5,10,15-17H,6-9,11-14H2,1-3H3,(H2,21,23,26). The molecule has 0 radical (unpaired) electrons. The molecule has 1 aromatic rings. The van der Waals surface area contributed by atoms with Gasteiger partial charge in [-0.2, -0.15) is 0 Å². The van der Waals surface area contributed by atoms with Gasteiger partial charge in [0, 0.05) is 52.0 Å². The van der Waals surface area contributed by atoms with Crippen LogP contribution in [0, 0.1) is 0 Å². The number of rotatable bonds is 6. The van der Waals surface area contributed by atoms with Gasteiger partial charge in [-0.05, 0) is 32.4 Å². The number of aromatic nitrogens is 1. The van der Waals surface area contributed by atoms with Crippen LogP contribution < -0.4 is 15.5 Å². The Balaban J connectivity index is 1.35. The molecule has 3 atom stereocenters. The summed E-state index contributed by atoms with van der Waals surface area (Å²) in [6, 6.07) is 3.87. The molecule has 0 aliphatic carbocycles. The summed E-state index contributed by atoms with van der Waals surface area (Å²) < 4.78 is 11.3. The second-order valence-corrected chi connectivity index (χ2v) is 7.78. The number of morpholine rings is 2. The average Bonchev–Trinajstić information content (AvgIpc) is 2.66. The van der Waals surface area contributed by atoms with Crippen LogP contribution in [0.2, 0.25) is 0 Å². The quantitative estimate of drug-likeness (QED) is 0.759. The van der Waals surface area contributed by atoms with Crippen LogP contribution in [0.5, 0.6) is 0 Å². The van der Waals surface area contributed by atoms with E-state index in [1.165, 1.54) is 0 Å². The van der Waals surface area contributed by atoms with E-state index in [4.69, 9.17) is 9.47 Å². The molecule has 0 aromatic carbocycles. The molecular formula is C20H33N5O3. The van der Waals surface area contributed by atoms with Crippen molar-refractivity contribution >= 4 is 11.8 Å². The third-order valence-corrected chi connectivity index (χ3v) is 5.04. The van der Waals surface area contributed by atoms with E-state index in [9.17, 15) is 4.79 Å². The fourth-order valence-corrected chi connectivity index (χ4v) is 3.77. The molecule has 2 fully saturated rings. The van der Waals surface area contributed by atoms with Gasteiger partial charge in [0.05, 0.1) is 24.9 Å². The van der Waals surface area contributed by atoms with E-state index >= 15 is 0 Å². The Kier molecular flexibility index (Phi) is 7.47. The average molecular weight is 392 g/mol. The summed E-state index contributed by atoms with van der Waals surface area (Å²) in [6.07, 6.45) is 2.54. The zero-order chi connectivity index (χ0) is 19.9. The maximum absolute atomic E-state index is 12.0. The number of nitrogens with one attached hydrogen (secondary N) is 2. The summed E-state index contributed by atoms with van der Waals surface area (Å²) in [5.74, 6) is 0.956. The molecule has 2 aliphatic heterocycles. The van der Waals surface area contributed by atoms with Gasteiger partial charge < -0.3 is 25.0 Å². The molecule has 3 unspecified atom stereocenters. The molecule has 2 N–H and O–H groups in total. The molecule has 8 nitrogen and oxygen atoms in total. The van der Waals surface area contributed by atoms with Crippen LogP contribution in [-0.4, -0.2) is 80.1 Å². The highest BCUT2D eigenvalue weighted by Gasteiger charge is 2.21. The van der Waals surface area contributed by atoms with Crippen molar-refractivity contribution in [1.29, 1.82) is 0 Å². The summed E-state index contributed by atoms with van der Waals surface area (Å²) in [5.41, 5.74) is 0.982. The number of hydrogen-bond acceptors (Lipinski definition) is 6. The second kappa shape index (κ2) is 10.0. The zero-order valence-electron chi connectivity index (χ0n) is 17.2. The van der Waals surface area contributed by atoms with Crippen LogP contribution >= 0.6 is 0 Å². The molecule has 0 bridgehead atoms. The molecule has 1 aromatic heterocycles. The van der Waals surface area contributed by atoms with Crippen molar-refractivity contribution < 1.29 is 14.3 Å². The van der Waals surface area contributed by atoms with E-state index in [0.717, 1.165) is 50.7 Å². The van der Waals surface area contributed by atoms with Crippen LogP contribution in [0.4, 0.5) is 10.6 Å². The van der Waals surface area contributed by atoms with Gasteiger partial charge in [0.2, 0.25) is 0 Å². The summed E-state index contributed by atoms with van der Waals surface area (Å²) in [7, 11) is 0. The van der Waals surface area contributed by atoms with Crippen LogP contribution in [0.1, 0.15) is 26.3 Å². The third-order valence-electron chi connectivity index (χ3n) is 5.04. The van der Waals surface area contributed by atoms with E-state index in [1.54, 1.807) is 0 Å². The lowest BCUT2D eigenvalue weighted by atomic mass is 10.2. The number of urea groups is 1. The highest BCUT2D eigenvalue weighted by atomic mass is 16.5. The first kappa shape index (κ1) is 20.8. The molecule has 28 heavy (non-hydrogen) atoms. The molecule has 3 heterocycles. The van der Waals surface area contributed by atoms with Gasteiger partial charge >= 0.3 is 6.03 Å². The molecule has 2 amide bonds. The maximum atomic E-state index is 12.0. The SMILES string of the molecule is CC1CN(c2ccc(CNC(=O)NCCN3CC(C)OC(C)C3)cn2)CCO1. The normalized spacial score (nSPS) is 26.1. The number of amides is 2. The predicted octanol–water partition coefficient (Wildman–Crippen LogP) is 1.22. The van der Waals surface area contributed by atoms with Gasteiger partial charge in [0.1, 0.15) is 5.82 Å². The Morgan fingerprint density at radius 3 is 2.61 bits per heavy atom. The van der Waals surface area contributed by atoms with Crippen molar-refractivity contribution in [3.8, 4) is 0 Å². The minimum absolute atomic E-state index is 0.152. The van der Waals surface area contributed by atoms with Gasteiger partial charge in [0.25, 0.3) is 0 Å². The summed E-state index contributed by atoms with van der Waals surface area (Å²) in [6.45, 7) is 12.4. The van der Waals surface area contributed by atoms with Gasteiger partial charge in [-0.1, -0.05) is 6.07 Å². The lowest BCUT2D eigenvalue weighted by Gasteiger charge is -2.35. The van der Waals surface area contributed by atoms with Crippen molar-refractivity contribution in [3.05, 3.63) is 23.9 Å². The minimum atomic E-state index is -0.152. The number of ether oxygens (including phenoxy) is 2. The molecule has 0 saturated carbocycles. The Morgan fingerprint density at radius 2 is 1.93 bits per heavy atom. The third kappa shape index (κ3) is 6.32. The van der Waals surface area contributed by atoms with Crippen LogP contribution in [-0.2, 0) is 16.0 Å². The molecular weight excluding hydrogens is 358 g/mol. The Labute approximate surface area is 167 Å². The van der Waals surface area contributed by atoms with Crippen molar-refractivity contribution in [3.63, 3.8) is 0 Å². The Bertz CT molecular complexity index is 617. The smallest absolute Gasteiger partial charge is 0.315 e. The van der Waals surface area contributed by atoms with Crippen molar-refractivity contribution in [2.75, 3.05) is 50.8 Å². The first-order valence-corrected chi connectivity index (χ1v) is 10.2. The lowest BCUT2D eigenvalue weighted by molar-refractivity contribution is -0.0672. The molecule has 8 heteroatoms. The van der Waals surface area contributed by atoms with Crippen molar-refractivity contribution in [2.45, 2.75) is 45.6 Å². The molecule has 2 aliphatic rings. The van der Waals surface area contributed by atoms with Crippen LogP contribution in [0.15, 0.2) is 18.3 Å². The predicted molar refractivity (Wildman–Crippen MR) is 109 cm³/mol. The molecule has 3 rings (SSSR count).